The molecule has 0 saturated carbocycles. The van der Waals surface area contributed by atoms with Gasteiger partial charge >= 0.3 is 0 Å². The largest absolute Gasteiger partial charge is 0.495 e. The molecule has 1 aromatic rings. The average Bonchev–Trinajstić information content (AvgIpc) is 2.55. The lowest BCUT2D eigenvalue weighted by atomic mass is 10.2. The van der Waals surface area contributed by atoms with E-state index in [1.54, 1.807) is 12.1 Å². The zero-order valence-electron chi connectivity index (χ0n) is 12.9. The van der Waals surface area contributed by atoms with E-state index in [9.17, 15) is 4.79 Å². The third-order valence-electron chi connectivity index (χ3n) is 3.61. The van der Waals surface area contributed by atoms with E-state index < -0.39 is 0 Å². The number of carbonyl (C=O) groups is 1. The molecule has 0 spiro atoms. The minimum atomic E-state index is -0.0544. The quantitative estimate of drug-likeness (QED) is 0.831. The average molecular weight is 328 g/mol. The summed E-state index contributed by atoms with van der Waals surface area (Å²) in [7, 11) is 3.07. The van der Waals surface area contributed by atoms with Crippen LogP contribution in [-0.2, 0) is 4.79 Å². The fraction of sp³-hybridized carbons (Fsp3) is 0.533. The molecule has 1 aliphatic rings. The molecule has 2 N–H and O–H groups in total. The van der Waals surface area contributed by atoms with Crippen molar-refractivity contribution in [3.63, 3.8) is 0 Å². The van der Waals surface area contributed by atoms with Gasteiger partial charge in [-0.15, -0.1) is 0 Å². The molecule has 22 heavy (non-hydrogen) atoms. The Morgan fingerprint density at radius 2 is 1.95 bits per heavy atom. The SMILES string of the molecule is COc1cc(NC(=O)CCN2CCNCC2)c(OC)cc1Cl. The highest BCUT2D eigenvalue weighted by atomic mass is 35.5. The molecule has 7 heteroatoms. The van der Waals surface area contributed by atoms with Crippen molar-refractivity contribution < 1.29 is 14.3 Å². The second-order valence-electron chi connectivity index (χ2n) is 5.08. The number of methoxy groups -OCH3 is 2. The Kier molecular flexibility index (Phi) is 6.30. The van der Waals surface area contributed by atoms with E-state index in [-0.39, 0.29) is 5.91 Å². The van der Waals surface area contributed by atoms with Crippen molar-refractivity contribution in [2.75, 3.05) is 52.3 Å². The van der Waals surface area contributed by atoms with Crippen LogP contribution in [-0.4, -0.2) is 57.8 Å². The van der Waals surface area contributed by atoms with Gasteiger partial charge in [0.2, 0.25) is 5.91 Å². The van der Waals surface area contributed by atoms with Crippen LogP contribution in [0.5, 0.6) is 11.5 Å². The molecule has 6 nitrogen and oxygen atoms in total. The van der Waals surface area contributed by atoms with Crippen LogP contribution >= 0.6 is 11.6 Å². The van der Waals surface area contributed by atoms with Gasteiger partial charge in [-0.2, -0.15) is 0 Å². The summed E-state index contributed by atoms with van der Waals surface area (Å²) in [5.41, 5.74) is 0.564. The molecule has 122 valence electrons. The molecule has 0 aromatic heterocycles. The van der Waals surface area contributed by atoms with Crippen molar-refractivity contribution >= 4 is 23.2 Å². The van der Waals surface area contributed by atoms with Gasteiger partial charge in [-0.1, -0.05) is 11.6 Å². The summed E-state index contributed by atoms with van der Waals surface area (Å²) < 4.78 is 10.4. The molecular weight excluding hydrogens is 306 g/mol. The van der Waals surface area contributed by atoms with E-state index in [1.165, 1.54) is 14.2 Å². The van der Waals surface area contributed by atoms with Gasteiger partial charge in [-0.3, -0.25) is 4.79 Å². The molecule has 0 aliphatic carbocycles. The first kappa shape index (κ1) is 16.9. The van der Waals surface area contributed by atoms with Crippen LogP contribution in [0.3, 0.4) is 0 Å². The molecule has 0 unspecified atom stereocenters. The number of piperazine rings is 1. The van der Waals surface area contributed by atoms with Crippen LogP contribution in [0.2, 0.25) is 5.02 Å². The number of halogens is 1. The van der Waals surface area contributed by atoms with Gasteiger partial charge in [-0.05, 0) is 0 Å². The highest BCUT2D eigenvalue weighted by molar-refractivity contribution is 6.32. The summed E-state index contributed by atoms with van der Waals surface area (Å²) in [5, 5.41) is 6.59. The maximum atomic E-state index is 12.1. The number of benzene rings is 1. The second-order valence-corrected chi connectivity index (χ2v) is 5.48. The van der Waals surface area contributed by atoms with Gasteiger partial charge in [0.05, 0.1) is 24.9 Å². The summed E-state index contributed by atoms with van der Waals surface area (Å²) in [6.45, 7) is 4.66. The molecular formula is C15H22ClN3O3. The van der Waals surface area contributed by atoms with Crippen LogP contribution in [0.15, 0.2) is 12.1 Å². The molecule has 2 rings (SSSR count). The lowest BCUT2D eigenvalue weighted by Crippen LogP contribution is -2.44. The Bertz CT molecular complexity index is 519. The van der Waals surface area contributed by atoms with Crippen LogP contribution in [0.1, 0.15) is 6.42 Å². The number of rotatable bonds is 6. The summed E-state index contributed by atoms with van der Waals surface area (Å²) in [6, 6.07) is 3.30. The molecule has 0 bridgehead atoms. The normalized spacial score (nSPS) is 15.4. The Morgan fingerprint density at radius 3 is 2.59 bits per heavy atom. The number of amides is 1. The maximum Gasteiger partial charge on any atom is 0.225 e. The van der Waals surface area contributed by atoms with Crippen molar-refractivity contribution in [1.82, 2.24) is 10.2 Å². The van der Waals surface area contributed by atoms with Crippen molar-refractivity contribution in [2.24, 2.45) is 0 Å². The molecule has 1 heterocycles. The predicted molar refractivity (Wildman–Crippen MR) is 87.1 cm³/mol. The number of hydrogen-bond donors (Lipinski definition) is 2. The van der Waals surface area contributed by atoms with Crippen LogP contribution in [0.4, 0.5) is 5.69 Å². The van der Waals surface area contributed by atoms with E-state index in [0.717, 1.165) is 32.7 Å². The first-order valence-electron chi connectivity index (χ1n) is 7.28. The number of ether oxygens (including phenoxy) is 2. The van der Waals surface area contributed by atoms with Crippen molar-refractivity contribution in [3.05, 3.63) is 17.2 Å². The Labute approximate surface area is 135 Å². The topological polar surface area (TPSA) is 62.8 Å². The smallest absolute Gasteiger partial charge is 0.225 e. The standard InChI is InChI=1S/C15H22ClN3O3/c1-21-13-10-12(14(22-2)9-11(13)16)18-15(20)3-6-19-7-4-17-5-8-19/h9-10,17H,3-8H2,1-2H3,(H,18,20). The summed E-state index contributed by atoms with van der Waals surface area (Å²) >= 11 is 6.05. The summed E-state index contributed by atoms with van der Waals surface area (Å²) in [5.74, 6) is 0.961. The summed E-state index contributed by atoms with van der Waals surface area (Å²) in [6.07, 6.45) is 0.439. The third kappa shape index (κ3) is 4.50. The van der Waals surface area contributed by atoms with Gasteiger partial charge in [0, 0.05) is 51.3 Å². The third-order valence-corrected chi connectivity index (χ3v) is 3.91. The van der Waals surface area contributed by atoms with Gasteiger partial charge in [-0.25, -0.2) is 0 Å². The van der Waals surface area contributed by atoms with Gasteiger partial charge in [0.1, 0.15) is 11.5 Å². The van der Waals surface area contributed by atoms with E-state index in [2.05, 4.69) is 15.5 Å². The molecule has 1 saturated heterocycles. The molecule has 1 aliphatic heterocycles. The fourth-order valence-corrected chi connectivity index (χ4v) is 2.60. The Morgan fingerprint density at radius 1 is 1.27 bits per heavy atom. The molecule has 1 amide bonds. The Hall–Kier alpha value is -1.50. The molecule has 0 atom stereocenters. The number of carbonyl (C=O) groups excluding carboxylic acids is 1. The molecule has 0 radical (unpaired) electrons. The van der Waals surface area contributed by atoms with E-state index in [0.29, 0.717) is 28.6 Å². The van der Waals surface area contributed by atoms with Gasteiger partial charge in [0.25, 0.3) is 0 Å². The zero-order chi connectivity index (χ0) is 15.9. The van der Waals surface area contributed by atoms with Crippen molar-refractivity contribution in [1.29, 1.82) is 0 Å². The van der Waals surface area contributed by atoms with Crippen LogP contribution < -0.4 is 20.1 Å². The first-order valence-corrected chi connectivity index (χ1v) is 7.66. The van der Waals surface area contributed by atoms with Crippen LogP contribution in [0, 0.1) is 0 Å². The second kappa shape index (κ2) is 8.22. The Balaban J connectivity index is 1.95. The number of anilines is 1. The number of hydrogen-bond acceptors (Lipinski definition) is 5. The number of nitrogens with zero attached hydrogens (tertiary/aromatic N) is 1. The lowest BCUT2D eigenvalue weighted by Gasteiger charge is -2.26. The first-order chi connectivity index (χ1) is 10.6. The van der Waals surface area contributed by atoms with E-state index in [1.807, 2.05) is 0 Å². The van der Waals surface area contributed by atoms with Gasteiger partial charge in [0.15, 0.2) is 0 Å². The van der Waals surface area contributed by atoms with E-state index >= 15 is 0 Å². The lowest BCUT2D eigenvalue weighted by molar-refractivity contribution is -0.116. The van der Waals surface area contributed by atoms with Crippen LogP contribution in [0.25, 0.3) is 0 Å². The minimum Gasteiger partial charge on any atom is -0.495 e. The summed E-state index contributed by atoms with van der Waals surface area (Å²) in [4.78, 5) is 14.4. The molecule has 1 fully saturated rings. The predicted octanol–water partition coefficient (Wildman–Crippen LogP) is 1.59. The maximum absolute atomic E-state index is 12.1. The fourth-order valence-electron chi connectivity index (χ4n) is 2.37. The van der Waals surface area contributed by atoms with Crippen molar-refractivity contribution in [3.8, 4) is 11.5 Å². The van der Waals surface area contributed by atoms with Crippen molar-refractivity contribution in [2.45, 2.75) is 6.42 Å². The highest BCUT2D eigenvalue weighted by Gasteiger charge is 2.14. The van der Waals surface area contributed by atoms with Gasteiger partial charge < -0.3 is 25.0 Å². The molecule has 1 aromatic carbocycles. The zero-order valence-corrected chi connectivity index (χ0v) is 13.7. The number of nitrogens with one attached hydrogen (secondary N) is 2. The highest BCUT2D eigenvalue weighted by Crippen LogP contribution is 2.35. The van der Waals surface area contributed by atoms with E-state index in [4.69, 9.17) is 21.1 Å². The minimum absolute atomic E-state index is 0.0544. The monoisotopic (exact) mass is 327 g/mol.